The van der Waals surface area contributed by atoms with E-state index in [1.807, 2.05) is 43.3 Å². The second-order valence-corrected chi connectivity index (χ2v) is 9.06. The predicted octanol–water partition coefficient (Wildman–Crippen LogP) is 6.05. The highest BCUT2D eigenvalue weighted by molar-refractivity contribution is 8.00. The van der Waals surface area contributed by atoms with Gasteiger partial charge < -0.3 is 4.42 Å². The molecule has 0 radical (unpaired) electrons. The summed E-state index contributed by atoms with van der Waals surface area (Å²) in [7, 11) is 0. The Kier molecular flexibility index (Phi) is 5.72. The molecule has 1 atom stereocenters. The molecular formula is C21H21ClN2O2S. The molecule has 27 heavy (non-hydrogen) atoms. The molecule has 1 aromatic heterocycles. The zero-order valence-corrected chi connectivity index (χ0v) is 17.3. The first-order valence-corrected chi connectivity index (χ1v) is 9.90. The van der Waals surface area contributed by atoms with Gasteiger partial charge in [0.05, 0.1) is 5.25 Å². The summed E-state index contributed by atoms with van der Waals surface area (Å²) in [6.07, 6.45) is 0. The van der Waals surface area contributed by atoms with E-state index in [0.717, 1.165) is 5.56 Å². The molecular weight excluding hydrogens is 380 g/mol. The lowest BCUT2D eigenvalue weighted by atomic mass is 9.86. The van der Waals surface area contributed by atoms with Gasteiger partial charge >= 0.3 is 0 Å². The van der Waals surface area contributed by atoms with Crippen LogP contribution in [-0.4, -0.2) is 21.2 Å². The van der Waals surface area contributed by atoms with Gasteiger partial charge in [-0.1, -0.05) is 74.5 Å². The molecule has 0 unspecified atom stereocenters. The molecule has 0 saturated heterocycles. The van der Waals surface area contributed by atoms with Crippen LogP contribution in [-0.2, 0) is 5.41 Å². The van der Waals surface area contributed by atoms with Crippen LogP contribution in [0.15, 0.2) is 58.2 Å². The van der Waals surface area contributed by atoms with Crippen molar-refractivity contribution < 1.29 is 9.21 Å². The van der Waals surface area contributed by atoms with E-state index in [1.54, 1.807) is 12.1 Å². The van der Waals surface area contributed by atoms with E-state index in [2.05, 4.69) is 31.0 Å². The molecule has 6 heteroatoms. The summed E-state index contributed by atoms with van der Waals surface area (Å²) in [5.74, 6) is 0.414. The van der Waals surface area contributed by atoms with Crippen molar-refractivity contribution >= 4 is 29.1 Å². The smallest absolute Gasteiger partial charge is 0.277 e. The Morgan fingerprint density at radius 1 is 1.11 bits per heavy atom. The minimum Gasteiger partial charge on any atom is -0.411 e. The monoisotopic (exact) mass is 400 g/mol. The van der Waals surface area contributed by atoms with Crippen LogP contribution in [0.3, 0.4) is 0 Å². The van der Waals surface area contributed by atoms with Gasteiger partial charge in [0.15, 0.2) is 5.78 Å². The Morgan fingerprint density at radius 2 is 1.81 bits per heavy atom. The maximum absolute atomic E-state index is 12.7. The maximum atomic E-state index is 12.7. The van der Waals surface area contributed by atoms with Crippen LogP contribution in [0.5, 0.6) is 0 Å². The fourth-order valence-corrected chi connectivity index (χ4v) is 3.52. The van der Waals surface area contributed by atoms with Crippen molar-refractivity contribution in [3.05, 3.63) is 64.7 Å². The molecule has 0 amide bonds. The van der Waals surface area contributed by atoms with Crippen LogP contribution >= 0.6 is 23.4 Å². The predicted molar refractivity (Wildman–Crippen MR) is 110 cm³/mol. The molecule has 3 aromatic rings. The molecule has 1 heterocycles. The highest BCUT2D eigenvalue weighted by atomic mass is 35.5. The lowest BCUT2D eigenvalue weighted by Crippen LogP contribution is -2.15. The number of carbonyl (C=O) groups excluding carboxylic acids is 1. The molecule has 2 aromatic carbocycles. The molecule has 4 nitrogen and oxygen atoms in total. The van der Waals surface area contributed by atoms with Gasteiger partial charge in [0.1, 0.15) is 0 Å². The van der Waals surface area contributed by atoms with Gasteiger partial charge in [-0.3, -0.25) is 4.79 Å². The number of thioether (sulfide) groups is 1. The van der Waals surface area contributed by atoms with Crippen LogP contribution in [0.25, 0.3) is 11.5 Å². The topological polar surface area (TPSA) is 56.0 Å². The standard InChI is InChI=1S/C21H21ClN2O2S/c1-13(18(25)14-8-10-16(11-9-14)21(2,3)4)27-20-24-23-19(26-20)15-6-5-7-17(22)12-15/h5-13H,1-4H3/t13-/m0/s1. The molecule has 0 aliphatic rings. The maximum Gasteiger partial charge on any atom is 0.277 e. The van der Waals surface area contributed by atoms with Crippen molar-refractivity contribution in [2.45, 2.75) is 43.6 Å². The molecule has 0 fully saturated rings. The van der Waals surface area contributed by atoms with Crippen LogP contribution < -0.4 is 0 Å². The van der Waals surface area contributed by atoms with Gasteiger partial charge in [0.2, 0.25) is 5.89 Å². The number of benzene rings is 2. The highest BCUT2D eigenvalue weighted by Gasteiger charge is 2.21. The lowest BCUT2D eigenvalue weighted by molar-refractivity contribution is 0.0993. The first-order chi connectivity index (χ1) is 12.7. The molecule has 140 valence electrons. The number of hydrogen-bond acceptors (Lipinski definition) is 5. The minimum absolute atomic E-state index is 0.0305. The van der Waals surface area contributed by atoms with Crippen molar-refractivity contribution in [2.75, 3.05) is 0 Å². The molecule has 0 aliphatic carbocycles. The average molecular weight is 401 g/mol. The van der Waals surface area contributed by atoms with Gasteiger partial charge in [-0.15, -0.1) is 10.2 Å². The zero-order chi connectivity index (χ0) is 19.6. The molecule has 3 rings (SSSR count). The van der Waals surface area contributed by atoms with Crippen LogP contribution in [0.1, 0.15) is 43.6 Å². The Balaban J connectivity index is 1.70. The van der Waals surface area contributed by atoms with Crippen LogP contribution in [0.4, 0.5) is 0 Å². The van der Waals surface area contributed by atoms with Crippen molar-refractivity contribution in [3.63, 3.8) is 0 Å². The third kappa shape index (κ3) is 4.79. The molecule has 0 spiro atoms. The zero-order valence-electron chi connectivity index (χ0n) is 15.7. The van der Waals surface area contributed by atoms with Gasteiger partial charge in [-0.25, -0.2) is 0 Å². The summed E-state index contributed by atoms with van der Waals surface area (Å²) in [5, 5.41) is 8.70. The van der Waals surface area contributed by atoms with E-state index in [9.17, 15) is 4.79 Å². The highest BCUT2D eigenvalue weighted by Crippen LogP contribution is 2.29. The summed E-state index contributed by atoms with van der Waals surface area (Å²) >= 11 is 7.25. The Labute approximate surface area is 168 Å². The Hall–Kier alpha value is -2.11. The second kappa shape index (κ2) is 7.87. The molecule has 0 N–H and O–H groups in total. The van der Waals surface area contributed by atoms with Crippen molar-refractivity contribution in [1.82, 2.24) is 10.2 Å². The SMILES string of the molecule is C[C@H](Sc1nnc(-c2cccc(Cl)c2)o1)C(=O)c1ccc(C(C)(C)C)cc1. The summed E-state index contributed by atoms with van der Waals surface area (Å²) < 4.78 is 5.68. The molecule has 0 bridgehead atoms. The number of aromatic nitrogens is 2. The number of rotatable bonds is 5. The number of nitrogens with zero attached hydrogens (tertiary/aromatic N) is 2. The summed E-state index contributed by atoms with van der Waals surface area (Å²) in [6, 6.07) is 15.0. The summed E-state index contributed by atoms with van der Waals surface area (Å²) in [5.41, 5.74) is 2.68. The number of halogens is 1. The van der Waals surface area contributed by atoms with Crippen LogP contribution in [0.2, 0.25) is 5.02 Å². The summed E-state index contributed by atoms with van der Waals surface area (Å²) in [6.45, 7) is 8.29. The van der Waals surface area contributed by atoms with Gasteiger partial charge in [-0.2, -0.15) is 0 Å². The van der Waals surface area contributed by atoms with E-state index in [0.29, 0.717) is 21.7 Å². The fraction of sp³-hybridized carbons (Fsp3) is 0.286. The summed E-state index contributed by atoms with van der Waals surface area (Å²) in [4.78, 5) is 12.7. The van der Waals surface area contributed by atoms with Gasteiger partial charge in [0.25, 0.3) is 5.22 Å². The number of Topliss-reactive ketones (excluding diaryl/α,β-unsaturated/α-hetero) is 1. The normalized spacial score (nSPS) is 12.8. The van der Waals surface area contributed by atoms with E-state index in [-0.39, 0.29) is 16.4 Å². The first kappa shape index (κ1) is 19.6. The van der Waals surface area contributed by atoms with E-state index >= 15 is 0 Å². The van der Waals surface area contributed by atoms with E-state index < -0.39 is 0 Å². The molecule has 0 aliphatic heterocycles. The van der Waals surface area contributed by atoms with Gasteiger partial charge in [-0.05, 0) is 36.1 Å². The fourth-order valence-electron chi connectivity index (χ4n) is 2.57. The van der Waals surface area contributed by atoms with E-state index in [1.165, 1.54) is 17.3 Å². The minimum atomic E-state index is -0.335. The Morgan fingerprint density at radius 3 is 2.44 bits per heavy atom. The number of carbonyl (C=O) groups is 1. The number of ketones is 1. The van der Waals surface area contributed by atoms with Gasteiger partial charge in [0, 0.05) is 16.1 Å². The second-order valence-electron chi connectivity index (χ2n) is 7.34. The lowest BCUT2D eigenvalue weighted by Gasteiger charge is -2.19. The van der Waals surface area contributed by atoms with Crippen molar-refractivity contribution in [2.24, 2.45) is 0 Å². The van der Waals surface area contributed by atoms with Crippen molar-refractivity contribution in [3.8, 4) is 11.5 Å². The molecule has 0 saturated carbocycles. The average Bonchev–Trinajstić information content (AvgIpc) is 3.09. The number of hydrogen-bond donors (Lipinski definition) is 0. The first-order valence-electron chi connectivity index (χ1n) is 8.65. The third-order valence-electron chi connectivity index (χ3n) is 4.16. The third-order valence-corrected chi connectivity index (χ3v) is 5.33. The largest absolute Gasteiger partial charge is 0.411 e. The van der Waals surface area contributed by atoms with E-state index in [4.69, 9.17) is 16.0 Å². The van der Waals surface area contributed by atoms with Crippen LogP contribution in [0, 0.1) is 0 Å². The quantitative estimate of drug-likeness (QED) is 0.385. The van der Waals surface area contributed by atoms with Crippen molar-refractivity contribution in [1.29, 1.82) is 0 Å². The Bertz CT molecular complexity index is 945.